The second-order valence-electron chi connectivity index (χ2n) is 4.65. The quantitative estimate of drug-likeness (QED) is 0.662. The second kappa shape index (κ2) is 5.30. The Kier molecular flexibility index (Phi) is 3.48. The first-order chi connectivity index (χ1) is 10.0. The van der Waals surface area contributed by atoms with Crippen molar-refractivity contribution in [3.05, 3.63) is 43.1 Å². The summed E-state index contributed by atoms with van der Waals surface area (Å²) in [6, 6.07) is 7.93. The van der Waals surface area contributed by atoms with Gasteiger partial charge in [0.1, 0.15) is 12.7 Å². The molecular weight excluding hydrogens is 292 g/mol. The molecule has 0 saturated carbocycles. The van der Waals surface area contributed by atoms with E-state index in [9.17, 15) is 8.42 Å². The van der Waals surface area contributed by atoms with Gasteiger partial charge in [-0.15, -0.1) is 10.2 Å². The van der Waals surface area contributed by atoms with Gasteiger partial charge in [0.2, 0.25) is 0 Å². The number of hydrogen-bond donors (Lipinski definition) is 0. The SMILES string of the molecule is CS(=O)(=O)OCCn1ccc2cc(-n3cnnc3)ccc21. The van der Waals surface area contributed by atoms with E-state index in [4.69, 9.17) is 4.18 Å². The molecule has 3 aromatic rings. The number of benzene rings is 1. The maximum atomic E-state index is 11.0. The predicted octanol–water partition coefficient (Wildman–Crippen LogP) is 1.20. The van der Waals surface area contributed by atoms with Crippen LogP contribution in [0.2, 0.25) is 0 Å². The van der Waals surface area contributed by atoms with E-state index in [1.54, 1.807) is 12.7 Å². The Morgan fingerprint density at radius 2 is 1.95 bits per heavy atom. The molecule has 2 aromatic heterocycles. The van der Waals surface area contributed by atoms with E-state index in [0.29, 0.717) is 6.54 Å². The summed E-state index contributed by atoms with van der Waals surface area (Å²) >= 11 is 0. The van der Waals surface area contributed by atoms with Gasteiger partial charge in [0, 0.05) is 29.3 Å². The molecule has 0 atom stereocenters. The summed E-state index contributed by atoms with van der Waals surface area (Å²) in [5.41, 5.74) is 1.99. The molecule has 2 heterocycles. The van der Waals surface area contributed by atoms with Crippen molar-refractivity contribution in [2.75, 3.05) is 12.9 Å². The summed E-state index contributed by atoms with van der Waals surface area (Å²) in [5, 5.41) is 8.62. The third-order valence-corrected chi connectivity index (χ3v) is 3.70. The van der Waals surface area contributed by atoms with Gasteiger partial charge < -0.3 is 4.57 Å². The highest BCUT2D eigenvalue weighted by atomic mass is 32.2. The monoisotopic (exact) mass is 306 g/mol. The van der Waals surface area contributed by atoms with Crippen molar-refractivity contribution >= 4 is 21.0 Å². The van der Waals surface area contributed by atoms with Crippen molar-refractivity contribution in [1.82, 2.24) is 19.3 Å². The van der Waals surface area contributed by atoms with Crippen LogP contribution in [0.4, 0.5) is 0 Å². The molecule has 0 N–H and O–H groups in total. The average Bonchev–Trinajstić information content (AvgIpc) is 3.06. The predicted molar refractivity (Wildman–Crippen MR) is 77.7 cm³/mol. The Labute approximate surface area is 121 Å². The Hall–Kier alpha value is -2.19. The lowest BCUT2D eigenvalue weighted by Gasteiger charge is -2.06. The molecule has 7 nitrogen and oxygen atoms in total. The molecule has 0 aliphatic rings. The van der Waals surface area contributed by atoms with E-state index < -0.39 is 10.1 Å². The van der Waals surface area contributed by atoms with Gasteiger partial charge >= 0.3 is 0 Å². The Bertz CT molecular complexity index is 853. The first-order valence-electron chi connectivity index (χ1n) is 6.31. The van der Waals surface area contributed by atoms with E-state index in [1.165, 1.54) is 0 Å². The highest BCUT2D eigenvalue weighted by molar-refractivity contribution is 7.85. The Morgan fingerprint density at radius 1 is 1.19 bits per heavy atom. The molecule has 110 valence electrons. The van der Waals surface area contributed by atoms with Gasteiger partial charge in [-0.05, 0) is 24.3 Å². The molecule has 0 aliphatic heterocycles. The van der Waals surface area contributed by atoms with Gasteiger partial charge in [0.15, 0.2) is 0 Å². The lowest BCUT2D eigenvalue weighted by molar-refractivity contribution is 0.306. The Morgan fingerprint density at radius 3 is 2.67 bits per heavy atom. The third kappa shape index (κ3) is 3.11. The zero-order valence-electron chi connectivity index (χ0n) is 11.4. The van der Waals surface area contributed by atoms with Gasteiger partial charge in [-0.2, -0.15) is 8.42 Å². The van der Waals surface area contributed by atoms with Crippen LogP contribution in [0.15, 0.2) is 43.1 Å². The van der Waals surface area contributed by atoms with Gasteiger partial charge in [-0.1, -0.05) is 0 Å². The normalized spacial score (nSPS) is 12.0. The first kappa shape index (κ1) is 13.8. The molecule has 0 bridgehead atoms. The molecule has 0 unspecified atom stereocenters. The van der Waals surface area contributed by atoms with Crippen molar-refractivity contribution in [3.8, 4) is 5.69 Å². The van der Waals surface area contributed by atoms with Gasteiger partial charge in [0.25, 0.3) is 10.1 Å². The topological polar surface area (TPSA) is 79.0 Å². The van der Waals surface area contributed by atoms with Gasteiger partial charge in [0.05, 0.1) is 12.9 Å². The number of hydrogen-bond acceptors (Lipinski definition) is 5. The molecule has 0 saturated heterocycles. The summed E-state index contributed by atoms with van der Waals surface area (Å²) in [6.45, 7) is 0.596. The minimum absolute atomic E-state index is 0.121. The van der Waals surface area contributed by atoms with Crippen molar-refractivity contribution < 1.29 is 12.6 Å². The van der Waals surface area contributed by atoms with Crippen LogP contribution in [0.3, 0.4) is 0 Å². The second-order valence-corrected chi connectivity index (χ2v) is 6.29. The summed E-state index contributed by atoms with van der Waals surface area (Å²) in [5.74, 6) is 0. The summed E-state index contributed by atoms with van der Waals surface area (Å²) in [6.07, 6.45) is 6.23. The van der Waals surface area contributed by atoms with E-state index in [0.717, 1.165) is 22.8 Å². The van der Waals surface area contributed by atoms with Crippen molar-refractivity contribution in [1.29, 1.82) is 0 Å². The molecule has 0 aliphatic carbocycles. The number of rotatable bonds is 5. The van der Waals surface area contributed by atoms with Crippen LogP contribution in [0.5, 0.6) is 0 Å². The smallest absolute Gasteiger partial charge is 0.264 e. The third-order valence-electron chi connectivity index (χ3n) is 3.10. The molecule has 0 radical (unpaired) electrons. The minimum Gasteiger partial charge on any atom is -0.345 e. The summed E-state index contributed by atoms with van der Waals surface area (Å²) in [4.78, 5) is 0. The van der Waals surface area contributed by atoms with Crippen LogP contribution in [-0.2, 0) is 20.8 Å². The van der Waals surface area contributed by atoms with Crippen LogP contribution in [0.25, 0.3) is 16.6 Å². The molecule has 8 heteroatoms. The Balaban J connectivity index is 1.83. The molecular formula is C13H14N4O3S. The molecule has 21 heavy (non-hydrogen) atoms. The molecule has 3 rings (SSSR count). The van der Waals surface area contributed by atoms with Crippen molar-refractivity contribution in [2.24, 2.45) is 0 Å². The standard InChI is InChI=1S/C13H14N4O3S/c1-21(18,19)20-7-6-16-5-4-11-8-12(2-3-13(11)16)17-9-14-15-10-17/h2-5,8-10H,6-7H2,1H3. The van der Waals surface area contributed by atoms with E-state index in [2.05, 4.69) is 10.2 Å². The fraction of sp³-hybridized carbons (Fsp3) is 0.231. The fourth-order valence-electron chi connectivity index (χ4n) is 2.16. The van der Waals surface area contributed by atoms with Crippen LogP contribution in [0, 0.1) is 0 Å². The zero-order valence-corrected chi connectivity index (χ0v) is 12.2. The molecule has 0 amide bonds. The maximum absolute atomic E-state index is 11.0. The summed E-state index contributed by atoms with van der Waals surface area (Å²) < 4.78 is 30.4. The van der Waals surface area contributed by atoms with Crippen LogP contribution in [0.1, 0.15) is 0 Å². The van der Waals surface area contributed by atoms with Gasteiger partial charge in [-0.25, -0.2) is 0 Å². The van der Waals surface area contributed by atoms with Crippen LogP contribution < -0.4 is 0 Å². The van der Waals surface area contributed by atoms with E-state index >= 15 is 0 Å². The summed E-state index contributed by atoms with van der Waals surface area (Å²) in [7, 11) is -3.40. The van der Waals surface area contributed by atoms with Crippen molar-refractivity contribution in [3.63, 3.8) is 0 Å². The molecule has 0 spiro atoms. The highest BCUT2D eigenvalue weighted by Gasteiger charge is 2.05. The van der Waals surface area contributed by atoms with E-state index in [1.807, 2.05) is 39.6 Å². The van der Waals surface area contributed by atoms with Crippen LogP contribution >= 0.6 is 0 Å². The maximum Gasteiger partial charge on any atom is 0.264 e. The zero-order chi connectivity index (χ0) is 14.9. The van der Waals surface area contributed by atoms with Crippen molar-refractivity contribution in [2.45, 2.75) is 6.54 Å². The number of nitrogens with zero attached hydrogens (tertiary/aromatic N) is 4. The largest absolute Gasteiger partial charge is 0.345 e. The highest BCUT2D eigenvalue weighted by Crippen LogP contribution is 2.19. The molecule has 1 aromatic carbocycles. The first-order valence-corrected chi connectivity index (χ1v) is 8.13. The van der Waals surface area contributed by atoms with Crippen LogP contribution in [-0.4, -0.2) is 40.6 Å². The lowest BCUT2D eigenvalue weighted by Crippen LogP contribution is -2.09. The number of aromatic nitrogens is 4. The van der Waals surface area contributed by atoms with Gasteiger partial charge in [-0.3, -0.25) is 8.75 Å². The van der Waals surface area contributed by atoms with E-state index in [-0.39, 0.29) is 6.61 Å². The average molecular weight is 306 g/mol. The fourth-order valence-corrected chi connectivity index (χ4v) is 2.54. The lowest BCUT2D eigenvalue weighted by atomic mass is 10.2. The molecule has 0 fully saturated rings. The number of fused-ring (bicyclic) bond motifs is 1. The minimum atomic E-state index is -3.40.